The molecule has 2 rings (SSSR count). The van der Waals surface area contributed by atoms with Crippen molar-refractivity contribution in [2.75, 3.05) is 7.11 Å². The number of hydrogen-bond acceptors (Lipinski definition) is 1. The SMILES string of the molecule is COc1cc2c(C)cn(C)c2cc1CF. The van der Waals surface area contributed by atoms with E-state index in [0.29, 0.717) is 11.3 Å². The molecule has 0 unspecified atom stereocenters. The van der Waals surface area contributed by atoms with Crippen LogP contribution in [0.5, 0.6) is 5.75 Å². The minimum absolute atomic E-state index is 0.497. The number of hydrogen-bond donors (Lipinski definition) is 0. The summed E-state index contributed by atoms with van der Waals surface area (Å²) in [4.78, 5) is 0. The van der Waals surface area contributed by atoms with Gasteiger partial charge in [0.25, 0.3) is 0 Å². The Bertz CT molecular complexity index is 458. The molecule has 1 heterocycles. The maximum absolute atomic E-state index is 12.8. The van der Waals surface area contributed by atoms with Gasteiger partial charge in [-0.2, -0.15) is 0 Å². The zero-order valence-corrected chi connectivity index (χ0v) is 9.17. The number of rotatable bonds is 2. The monoisotopic (exact) mass is 207 g/mol. The van der Waals surface area contributed by atoms with Gasteiger partial charge in [-0.25, -0.2) is 4.39 Å². The fourth-order valence-electron chi connectivity index (χ4n) is 1.94. The Morgan fingerprint density at radius 1 is 1.40 bits per heavy atom. The van der Waals surface area contributed by atoms with Gasteiger partial charge in [-0.05, 0) is 24.6 Å². The fraction of sp³-hybridized carbons (Fsp3) is 0.333. The average molecular weight is 207 g/mol. The van der Waals surface area contributed by atoms with Crippen LogP contribution in [0.1, 0.15) is 11.1 Å². The first kappa shape index (κ1) is 10.0. The molecule has 3 heteroatoms. The number of halogens is 1. The molecule has 0 saturated heterocycles. The topological polar surface area (TPSA) is 14.2 Å². The number of alkyl halides is 1. The summed E-state index contributed by atoms with van der Waals surface area (Å²) in [6.07, 6.45) is 2.03. The number of methoxy groups -OCH3 is 1. The van der Waals surface area contributed by atoms with Crippen molar-refractivity contribution in [1.29, 1.82) is 0 Å². The molecule has 1 aromatic carbocycles. The van der Waals surface area contributed by atoms with Crippen LogP contribution >= 0.6 is 0 Å². The van der Waals surface area contributed by atoms with Crippen molar-refractivity contribution in [3.63, 3.8) is 0 Å². The summed E-state index contributed by atoms with van der Waals surface area (Å²) in [6.45, 7) is 1.54. The van der Waals surface area contributed by atoms with Crippen LogP contribution in [0.3, 0.4) is 0 Å². The Kier molecular flexibility index (Phi) is 2.39. The van der Waals surface area contributed by atoms with E-state index in [-0.39, 0.29) is 0 Å². The van der Waals surface area contributed by atoms with E-state index >= 15 is 0 Å². The van der Waals surface area contributed by atoms with E-state index in [4.69, 9.17) is 4.74 Å². The van der Waals surface area contributed by atoms with Gasteiger partial charge >= 0.3 is 0 Å². The Hall–Kier alpha value is -1.51. The predicted molar refractivity (Wildman–Crippen MR) is 59.0 cm³/mol. The molecule has 0 fully saturated rings. The van der Waals surface area contributed by atoms with Crippen molar-refractivity contribution in [3.8, 4) is 5.75 Å². The number of benzene rings is 1. The summed E-state index contributed by atoms with van der Waals surface area (Å²) in [6, 6.07) is 3.75. The van der Waals surface area contributed by atoms with Gasteiger partial charge in [0.15, 0.2) is 0 Å². The second kappa shape index (κ2) is 3.57. The maximum Gasteiger partial charge on any atom is 0.125 e. The second-order valence-electron chi connectivity index (χ2n) is 3.74. The molecular formula is C12H14FNO. The molecule has 0 bridgehead atoms. The first-order valence-corrected chi connectivity index (χ1v) is 4.86. The summed E-state index contributed by atoms with van der Waals surface area (Å²) in [5.74, 6) is 0.624. The lowest BCUT2D eigenvalue weighted by molar-refractivity contribution is 0.395. The van der Waals surface area contributed by atoms with Crippen molar-refractivity contribution in [2.45, 2.75) is 13.6 Å². The molecule has 0 atom stereocenters. The van der Waals surface area contributed by atoms with Crippen molar-refractivity contribution < 1.29 is 9.13 Å². The summed E-state index contributed by atoms with van der Waals surface area (Å²) < 4.78 is 19.9. The highest BCUT2D eigenvalue weighted by Gasteiger charge is 2.09. The molecule has 0 spiro atoms. The van der Waals surface area contributed by atoms with Crippen LogP contribution in [-0.2, 0) is 13.7 Å². The van der Waals surface area contributed by atoms with Gasteiger partial charge in [0, 0.05) is 29.7 Å². The van der Waals surface area contributed by atoms with E-state index < -0.39 is 6.67 Å². The standard InChI is InChI=1S/C12H14FNO/c1-8-7-14(2)11-4-9(6-13)12(15-3)5-10(8)11/h4-5,7H,6H2,1-3H3. The van der Waals surface area contributed by atoms with Gasteiger partial charge in [-0.3, -0.25) is 0 Å². The van der Waals surface area contributed by atoms with Gasteiger partial charge in [0.2, 0.25) is 0 Å². The third kappa shape index (κ3) is 1.48. The number of aryl methyl sites for hydroxylation is 2. The van der Waals surface area contributed by atoms with E-state index in [9.17, 15) is 4.39 Å². The zero-order chi connectivity index (χ0) is 11.0. The molecule has 1 aromatic heterocycles. The lowest BCUT2D eigenvalue weighted by atomic mass is 10.1. The average Bonchev–Trinajstić information content (AvgIpc) is 2.52. The van der Waals surface area contributed by atoms with Gasteiger partial charge in [-0.15, -0.1) is 0 Å². The van der Waals surface area contributed by atoms with E-state index in [2.05, 4.69) is 0 Å². The quantitative estimate of drug-likeness (QED) is 0.738. The lowest BCUT2D eigenvalue weighted by Gasteiger charge is -2.06. The minimum atomic E-state index is -0.497. The molecular weight excluding hydrogens is 193 g/mol. The van der Waals surface area contributed by atoms with Crippen molar-refractivity contribution >= 4 is 10.9 Å². The smallest absolute Gasteiger partial charge is 0.125 e. The van der Waals surface area contributed by atoms with Gasteiger partial charge in [0.05, 0.1) is 7.11 Å². The number of fused-ring (bicyclic) bond motifs is 1. The normalized spacial score (nSPS) is 10.9. The van der Waals surface area contributed by atoms with Crippen molar-refractivity contribution in [1.82, 2.24) is 4.57 Å². The van der Waals surface area contributed by atoms with Gasteiger partial charge in [-0.1, -0.05) is 0 Å². The van der Waals surface area contributed by atoms with Crippen LogP contribution in [0, 0.1) is 6.92 Å². The maximum atomic E-state index is 12.8. The third-order valence-corrected chi connectivity index (χ3v) is 2.73. The van der Waals surface area contributed by atoms with Gasteiger partial charge < -0.3 is 9.30 Å². The van der Waals surface area contributed by atoms with E-state index in [0.717, 1.165) is 10.9 Å². The Balaban J connectivity index is 2.77. The third-order valence-electron chi connectivity index (χ3n) is 2.73. The molecule has 0 saturated carbocycles. The van der Waals surface area contributed by atoms with Crippen LogP contribution in [0.2, 0.25) is 0 Å². The van der Waals surface area contributed by atoms with Crippen LogP contribution < -0.4 is 4.74 Å². The van der Waals surface area contributed by atoms with E-state index in [1.54, 1.807) is 7.11 Å². The van der Waals surface area contributed by atoms with Crippen LogP contribution in [0.4, 0.5) is 4.39 Å². The molecule has 0 radical (unpaired) electrons. The highest BCUT2D eigenvalue weighted by molar-refractivity contribution is 5.86. The number of nitrogens with zero attached hydrogens (tertiary/aromatic N) is 1. The summed E-state index contributed by atoms with van der Waals surface area (Å²) >= 11 is 0. The molecule has 0 aliphatic carbocycles. The molecule has 2 nitrogen and oxygen atoms in total. The Morgan fingerprint density at radius 2 is 2.13 bits per heavy atom. The molecule has 0 aliphatic rings. The van der Waals surface area contributed by atoms with E-state index in [1.807, 2.05) is 36.9 Å². The summed E-state index contributed by atoms with van der Waals surface area (Å²) in [5.41, 5.74) is 2.82. The number of aromatic nitrogens is 1. The Morgan fingerprint density at radius 3 is 2.73 bits per heavy atom. The molecule has 0 amide bonds. The van der Waals surface area contributed by atoms with Crippen molar-refractivity contribution in [2.24, 2.45) is 7.05 Å². The molecule has 0 N–H and O–H groups in total. The second-order valence-corrected chi connectivity index (χ2v) is 3.74. The van der Waals surface area contributed by atoms with Crippen LogP contribution in [-0.4, -0.2) is 11.7 Å². The fourth-order valence-corrected chi connectivity index (χ4v) is 1.94. The molecule has 80 valence electrons. The zero-order valence-electron chi connectivity index (χ0n) is 9.17. The predicted octanol–water partition coefficient (Wildman–Crippen LogP) is 2.96. The number of ether oxygens (including phenoxy) is 1. The largest absolute Gasteiger partial charge is 0.496 e. The molecule has 0 aliphatic heterocycles. The van der Waals surface area contributed by atoms with Crippen LogP contribution in [0.25, 0.3) is 10.9 Å². The lowest BCUT2D eigenvalue weighted by Crippen LogP contribution is -1.91. The van der Waals surface area contributed by atoms with Crippen LogP contribution in [0.15, 0.2) is 18.3 Å². The Labute approximate surface area is 88.3 Å². The summed E-state index contributed by atoms with van der Waals surface area (Å²) in [5, 5.41) is 1.12. The first-order valence-electron chi connectivity index (χ1n) is 4.86. The highest BCUT2D eigenvalue weighted by Crippen LogP contribution is 2.29. The van der Waals surface area contributed by atoms with E-state index in [1.165, 1.54) is 5.56 Å². The van der Waals surface area contributed by atoms with Crippen molar-refractivity contribution in [3.05, 3.63) is 29.5 Å². The molecule has 2 aromatic rings. The summed E-state index contributed by atoms with van der Waals surface area (Å²) in [7, 11) is 3.53. The molecule has 15 heavy (non-hydrogen) atoms. The highest BCUT2D eigenvalue weighted by atomic mass is 19.1. The minimum Gasteiger partial charge on any atom is -0.496 e. The van der Waals surface area contributed by atoms with Gasteiger partial charge in [0.1, 0.15) is 12.4 Å². The first-order chi connectivity index (χ1) is 7.17.